The van der Waals surface area contributed by atoms with Crippen LogP contribution >= 0.6 is 0 Å². The molecule has 1 atom stereocenters. The second-order valence-electron chi connectivity index (χ2n) is 5.40. The van der Waals surface area contributed by atoms with Gasteiger partial charge in [0.1, 0.15) is 5.60 Å². The Morgan fingerprint density at radius 2 is 2.24 bits per heavy atom. The number of aliphatic hydroxyl groups is 1. The highest BCUT2D eigenvalue weighted by Gasteiger charge is 2.34. The van der Waals surface area contributed by atoms with Crippen LogP contribution in [0.5, 0.6) is 0 Å². The number of anilines is 1. The first kappa shape index (κ1) is 14.5. The number of nitrogens with one attached hydrogen (secondary N) is 2. The Morgan fingerprint density at radius 3 is 2.95 bits per heavy atom. The highest BCUT2D eigenvalue weighted by molar-refractivity contribution is 7.89. The number of benzene rings is 1. The van der Waals surface area contributed by atoms with E-state index in [1.165, 1.54) is 12.1 Å². The molecular weight excluding hydrogens is 296 g/mol. The first-order chi connectivity index (χ1) is 9.88. The molecule has 8 heteroatoms. The van der Waals surface area contributed by atoms with Crippen LogP contribution in [0.3, 0.4) is 0 Å². The summed E-state index contributed by atoms with van der Waals surface area (Å²) in [5.74, 6) is -0.148. The molecule has 3 N–H and O–H groups in total. The van der Waals surface area contributed by atoms with E-state index in [2.05, 4.69) is 10.0 Å². The summed E-state index contributed by atoms with van der Waals surface area (Å²) in [7, 11) is -3.73. The number of carbonyl (C=O) groups excluding carboxylic acids is 1. The van der Waals surface area contributed by atoms with Crippen LogP contribution in [0.15, 0.2) is 23.1 Å². The molecule has 1 unspecified atom stereocenters. The normalized spacial score (nSPS) is 24.9. The average molecular weight is 312 g/mol. The van der Waals surface area contributed by atoms with Gasteiger partial charge in [0.05, 0.1) is 17.9 Å². The SMILES string of the molecule is O=C1Cc2cc(S(=O)(=O)NCC3(O)CCOC3)ccc2N1. The second kappa shape index (κ2) is 5.06. The second-order valence-corrected chi connectivity index (χ2v) is 7.16. The van der Waals surface area contributed by atoms with Crippen molar-refractivity contribution in [1.29, 1.82) is 0 Å². The maximum Gasteiger partial charge on any atom is 0.240 e. The number of amides is 1. The molecule has 1 amide bonds. The zero-order chi connectivity index (χ0) is 15.1. The minimum Gasteiger partial charge on any atom is -0.386 e. The Bertz CT molecular complexity index is 680. The van der Waals surface area contributed by atoms with E-state index in [0.717, 1.165) is 0 Å². The molecule has 0 saturated carbocycles. The molecule has 2 heterocycles. The standard InChI is InChI=1S/C13H16N2O5S/c16-12-6-9-5-10(1-2-11(9)15-12)21(18,19)14-7-13(17)3-4-20-8-13/h1-2,5,14,17H,3-4,6-8H2,(H,15,16). The maximum absolute atomic E-state index is 12.2. The van der Waals surface area contributed by atoms with Crippen molar-refractivity contribution in [3.8, 4) is 0 Å². The molecule has 1 aromatic carbocycles. The first-order valence-corrected chi connectivity index (χ1v) is 8.09. The van der Waals surface area contributed by atoms with Crippen molar-refractivity contribution in [3.05, 3.63) is 23.8 Å². The lowest BCUT2D eigenvalue weighted by Crippen LogP contribution is -2.43. The number of rotatable bonds is 4. The highest BCUT2D eigenvalue weighted by atomic mass is 32.2. The van der Waals surface area contributed by atoms with Gasteiger partial charge in [-0.2, -0.15) is 0 Å². The maximum atomic E-state index is 12.2. The third kappa shape index (κ3) is 2.93. The number of fused-ring (bicyclic) bond motifs is 1. The summed E-state index contributed by atoms with van der Waals surface area (Å²) in [6, 6.07) is 4.48. The predicted molar refractivity (Wildman–Crippen MR) is 74.4 cm³/mol. The summed E-state index contributed by atoms with van der Waals surface area (Å²) in [5.41, 5.74) is 0.147. The van der Waals surface area contributed by atoms with E-state index in [4.69, 9.17) is 4.74 Å². The fraction of sp³-hybridized carbons (Fsp3) is 0.462. The quantitative estimate of drug-likeness (QED) is 0.702. The lowest BCUT2D eigenvalue weighted by molar-refractivity contribution is -0.115. The molecule has 3 rings (SSSR count). The number of hydrogen-bond donors (Lipinski definition) is 3. The van der Waals surface area contributed by atoms with Crippen molar-refractivity contribution >= 4 is 21.6 Å². The smallest absolute Gasteiger partial charge is 0.240 e. The van der Waals surface area contributed by atoms with Gasteiger partial charge < -0.3 is 15.2 Å². The number of ether oxygens (including phenoxy) is 1. The van der Waals surface area contributed by atoms with Gasteiger partial charge in [0.25, 0.3) is 0 Å². The van der Waals surface area contributed by atoms with E-state index in [-0.39, 0.29) is 30.4 Å². The van der Waals surface area contributed by atoms with Gasteiger partial charge in [-0.15, -0.1) is 0 Å². The van der Waals surface area contributed by atoms with Crippen LogP contribution in [0.25, 0.3) is 0 Å². The van der Waals surface area contributed by atoms with E-state index < -0.39 is 15.6 Å². The van der Waals surface area contributed by atoms with Crippen LogP contribution in [0.4, 0.5) is 5.69 Å². The molecule has 2 aliphatic heterocycles. The first-order valence-electron chi connectivity index (χ1n) is 6.61. The minimum absolute atomic E-state index is 0.0836. The Hall–Kier alpha value is -1.48. The zero-order valence-corrected chi connectivity index (χ0v) is 12.1. The lowest BCUT2D eigenvalue weighted by Gasteiger charge is -2.20. The molecule has 0 aromatic heterocycles. The Labute approximate surface area is 122 Å². The van der Waals surface area contributed by atoms with E-state index in [0.29, 0.717) is 24.3 Å². The summed E-state index contributed by atoms with van der Waals surface area (Å²) in [6.45, 7) is 0.451. The lowest BCUT2D eigenvalue weighted by atomic mass is 10.1. The fourth-order valence-corrected chi connectivity index (χ4v) is 3.59. The predicted octanol–water partition coefficient (Wildman–Crippen LogP) is -0.389. The summed E-state index contributed by atoms with van der Waals surface area (Å²) in [5, 5.41) is 12.7. The van der Waals surface area contributed by atoms with Crippen LogP contribution < -0.4 is 10.0 Å². The molecule has 21 heavy (non-hydrogen) atoms. The Kier molecular flexibility index (Phi) is 3.48. The van der Waals surface area contributed by atoms with Crippen molar-refractivity contribution in [2.75, 3.05) is 25.1 Å². The van der Waals surface area contributed by atoms with E-state index in [1.807, 2.05) is 0 Å². The average Bonchev–Trinajstić information content (AvgIpc) is 3.01. The zero-order valence-electron chi connectivity index (χ0n) is 11.3. The van der Waals surface area contributed by atoms with Gasteiger partial charge in [0.2, 0.25) is 15.9 Å². The molecular formula is C13H16N2O5S. The molecule has 0 spiro atoms. The molecule has 114 valence electrons. The van der Waals surface area contributed by atoms with Crippen molar-refractivity contribution in [2.24, 2.45) is 0 Å². The molecule has 7 nitrogen and oxygen atoms in total. The topological polar surface area (TPSA) is 105 Å². The van der Waals surface area contributed by atoms with Gasteiger partial charge in [0.15, 0.2) is 0 Å². The van der Waals surface area contributed by atoms with Crippen molar-refractivity contribution in [2.45, 2.75) is 23.3 Å². The van der Waals surface area contributed by atoms with Crippen LogP contribution in [0.2, 0.25) is 0 Å². The molecule has 1 aromatic rings. The molecule has 2 aliphatic rings. The largest absolute Gasteiger partial charge is 0.386 e. The van der Waals surface area contributed by atoms with E-state index >= 15 is 0 Å². The number of hydrogen-bond acceptors (Lipinski definition) is 5. The number of sulfonamides is 1. The number of carbonyl (C=O) groups is 1. The van der Waals surface area contributed by atoms with Gasteiger partial charge in [-0.3, -0.25) is 4.79 Å². The monoisotopic (exact) mass is 312 g/mol. The van der Waals surface area contributed by atoms with Crippen LogP contribution in [0.1, 0.15) is 12.0 Å². The summed E-state index contributed by atoms with van der Waals surface area (Å²) in [4.78, 5) is 11.4. The van der Waals surface area contributed by atoms with Crippen molar-refractivity contribution in [3.63, 3.8) is 0 Å². The van der Waals surface area contributed by atoms with Crippen LogP contribution in [0, 0.1) is 0 Å². The summed E-state index contributed by atoms with van der Waals surface area (Å²) < 4.78 is 32.0. The minimum atomic E-state index is -3.73. The van der Waals surface area contributed by atoms with Gasteiger partial charge in [-0.25, -0.2) is 13.1 Å². The van der Waals surface area contributed by atoms with Crippen molar-refractivity contribution in [1.82, 2.24) is 4.72 Å². The third-order valence-corrected chi connectivity index (χ3v) is 5.08. The molecule has 0 bridgehead atoms. The molecule has 0 radical (unpaired) electrons. The molecule has 0 aliphatic carbocycles. The fourth-order valence-electron chi connectivity index (χ4n) is 2.42. The summed E-state index contributed by atoms with van der Waals surface area (Å²) >= 11 is 0. The van der Waals surface area contributed by atoms with E-state index in [1.54, 1.807) is 6.07 Å². The Balaban J connectivity index is 1.76. The van der Waals surface area contributed by atoms with Crippen LogP contribution in [-0.4, -0.2) is 44.8 Å². The Morgan fingerprint density at radius 1 is 1.43 bits per heavy atom. The molecule has 1 saturated heterocycles. The third-order valence-electron chi connectivity index (χ3n) is 3.69. The van der Waals surface area contributed by atoms with E-state index in [9.17, 15) is 18.3 Å². The van der Waals surface area contributed by atoms with Crippen molar-refractivity contribution < 1.29 is 23.1 Å². The van der Waals surface area contributed by atoms with Gasteiger partial charge in [-0.05, 0) is 23.8 Å². The van der Waals surface area contributed by atoms with Gasteiger partial charge >= 0.3 is 0 Å². The van der Waals surface area contributed by atoms with Crippen LogP contribution in [-0.2, 0) is 26.0 Å². The van der Waals surface area contributed by atoms with Gasteiger partial charge in [0, 0.05) is 25.3 Å². The summed E-state index contributed by atoms with van der Waals surface area (Å²) in [6.07, 6.45) is 0.578. The van der Waals surface area contributed by atoms with Gasteiger partial charge in [-0.1, -0.05) is 0 Å². The highest BCUT2D eigenvalue weighted by Crippen LogP contribution is 2.26. The molecule has 1 fully saturated rings.